The number of nitrogens with zero attached hydrogens (tertiary/aromatic N) is 2. The van der Waals surface area contributed by atoms with Gasteiger partial charge in [-0.1, -0.05) is 32.0 Å². The lowest BCUT2D eigenvalue weighted by atomic mass is 9.85. The van der Waals surface area contributed by atoms with Crippen molar-refractivity contribution >= 4 is 5.91 Å². The number of benzene rings is 1. The average molecular weight is 375 g/mol. The fourth-order valence-corrected chi connectivity index (χ4v) is 5.32. The fourth-order valence-electron chi connectivity index (χ4n) is 5.32. The van der Waals surface area contributed by atoms with Gasteiger partial charge >= 0.3 is 0 Å². The molecule has 5 heteroatoms. The smallest absolute Gasteiger partial charge is 0.233 e. The molecule has 2 aliphatic heterocycles. The molecule has 0 spiro atoms. The lowest BCUT2D eigenvalue weighted by molar-refractivity contribution is -0.136. The molecule has 3 aliphatic rings. The van der Waals surface area contributed by atoms with E-state index in [2.05, 4.69) is 18.7 Å². The molecule has 148 valence electrons. The number of aliphatic hydroxyl groups is 1. The van der Waals surface area contributed by atoms with Crippen LogP contribution in [0.3, 0.4) is 0 Å². The highest BCUT2D eigenvalue weighted by Gasteiger charge is 2.68. The summed E-state index contributed by atoms with van der Waals surface area (Å²) < 4.78 is 14.5. The van der Waals surface area contributed by atoms with Crippen LogP contribution in [0.5, 0.6) is 0 Å². The molecule has 3 fully saturated rings. The van der Waals surface area contributed by atoms with E-state index in [4.69, 9.17) is 0 Å². The van der Waals surface area contributed by atoms with Crippen molar-refractivity contribution in [2.24, 2.45) is 5.41 Å². The number of carbonyl (C=O) groups excluding carboxylic acids is 1. The number of amides is 1. The summed E-state index contributed by atoms with van der Waals surface area (Å²) in [5.74, 6) is -0.164. The van der Waals surface area contributed by atoms with Gasteiger partial charge in [-0.25, -0.2) is 4.39 Å². The zero-order valence-corrected chi connectivity index (χ0v) is 16.5. The molecule has 1 atom stereocenters. The maximum Gasteiger partial charge on any atom is 0.233 e. The second kappa shape index (κ2) is 6.85. The van der Waals surface area contributed by atoms with Gasteiger partial charge < -0.3 is 14.9 Å². The highest BCUT2D eigenvalue weighted by atomic mass is 19.1. The molecule has 4 rings (SSSR count). The van der Waals surface area contributed by atoms with Crippen LogP contribution in [0.25, 0.3) is 0 Å². The van der Waals surface area contributed by atoms with E-state index >= 15 is 0 Å². The molecule has 0 bridgehead atoms. The molecule has 2 heterocycles. The van der Waals surface area contributed by atoms with Crippen LogP contribution in [-0.2, 0) is 10.2 Å². The van der Waals surface area contributed by atoms with Gasteiger partial charge in [0.15, 0.2) is 0 Å². The van der Waals surface area contributed by atoms with Gasteiger partial charge in [-0.2, -0.15) is 0 Å². The highest BCUT2D eigenvalue weighted by Crippen LogP contribution is 2.65. The molecule has 1 amide bonds. The van der Waals surface area contributed by atoms with Gasteiger partial charge in [0.1, 0.15) is 5.82 Å². The minimum Gasteiger partial charge on any atom is -0.393 e. The molecule has 1 aromatic rings. The molecule has 0 aromatic heterocycles. The number of aliphatic hydroxyl groups excluding tert-OH is 1. The lowest BCUT2D eigenvalue weighted by Crippen LogP contribution is -2.51. The first-order valence-electron chi connectivity index (χ1n) is 10.3. The first-order chi connectivity index (χ1) is 12.8. The van der Waals surface area contributed by atoms with Crippen LogP contribution in [0.4, 0.5) is 4.39 Å². The zero-order chi connectivity index (χ0) is 19.2. The van der Waals surface area contributed by atoms with Gasteiger partial charge in [0.25, 0.3) is 0 Å². The van der Waals surface area contributed by atoms with Crippen molar-refractivity contribution in [3.05, 3.63) is 35.6 Å². The predicted molar refractivity (Wildman–Crippen MR) is 103 cm³/mol. The van der Waals surface area contributed by atoms with Crippen molar-refractivity contribution in [2.45, 2.75) is 63.5 Å². The maximum atomic E-state index is 14.5. The summed E-state index contributed by atoms with van der Waals surface area (Å²) in [5.41, 5.74) is -0.348. The fraction of sp³-hybridized carbons (Fsp3) is 0.682. The van der Waals surface area contributed by atoms with Crippen LogP contribution in [0, 0.1) is 11.2 Å². The molecular formula is C22H31FN2O2. The number of likely N-dealkylation sites (tertiary alicyclic amines) is 2. The second-order valence-corrected chi connectivity index (χ2v) is 9.24. The van der Waals surface area contributed by atoms with Crippen molar-refractivity contribution in [3.63, 3.8) is 0 Å². The molecule has 1 aromatic carbocycles. The van der Waals surface area contributed by atoms with E-state index in [1.807, 2.05) is 11.0 Å². The van der Waals surface area contributed by atoms with Crippen molar-refractivity contribution in [1.82, 2.24) is 9.80 Å². The van der Waals surface area contributed by atoms with Crippen molar-refractivity contribution in [2.75, 3.05) is 26.2 Å². The molecule has 27 heavy (non-hydrogen) atoms. The molecule has 2 saturated heterocycles. The van der Waals surface area contributed by atoms with Crippen molar-refractivity contribution in [1.29, 1.82) is 0 Å². The number of carbonyl (C=O) groups is 1. The Hall–Kier alpha value is -1.46. The van der Waals surface area contributed by atoms with Gasteiger partial charge in [0, 0.05) is 37.8 Å². The molecule has 1 saturated carbocycles. The number of hydrogen-bond acceptors (Lipinski definition) is 3. The molecule has 1 aliphatic carbocycles. The summed E-state index contributed by atoms with van der Waals surface area (Å²) in [7, 11) is 0. The Kier molecular flexibility index (Phi) is 4.79. The molecule has 1 N–H and O–H groups in total. The molecule has 0 radical (unpaired) electrons. The van der Waals surface area contributed by atoms with E-state index in [9.17, 15) is 14.3 Å². The lowest BCUT2D eigenvalue weighted by Gasteiger charge is -2.42. The monoisotopic (exact) mass is 374 g/mol. The Bertz CT molecular complexity index is 706. The Balaban J connectivity index is 1.45. The Morgan fingerprint density at radius 3 is 2.22 bits per heavy atom. The van der Waals surface area contributed by atoms with Crippen LogP contribution < -0.4 is 0 Å². The Morgan fingerprint density at radius 2 is 1.67 bits per heavy atom. The Morgan fingerprint density at radius 1 is 1.07 bits per heavy atom. The third-order valence-electron chi connectivity index (χ3n) is 7.20. The third kappa shape index (κ3) is 3.19. The average Bonchev–Trinajstić information content (AvgIpc) is 3.25. The number of piperidine rings is 2. The van der Waals surface area contributed by atoms with Crippen LogP contribution in [0.2, 0.25) is 0 Å². The predicted octanol–water partition coefficient (Wildman–Crippen LogP) is 2.94. The normalized spacial score (nSPS) is 29.7. The van der Waals surface area contributed by atoms with Crippen LogP contribution in [0.15, 0.2) is 24.3 Å². The topological polar surface area (TPSA) is 43.8 Å². The third-order valence-corrected chi connectivity index (χ3v) is 7.20. The summed E-state index contributed by atoms with van der Waals surface area (Å²) in [6, 6.07) is 7.27. The van der Waals surface area contributed by atoms with Gasteiger partial charge in [-0.15, -0.1) is 0 Å². The quantitative estimate of drug-likeness (QED) is 0.885. The Labute approximate surface area is 161 Å². The summed E-state index contributed by atoms with van der Waals surface area (Å²) >= 11 is 0. The van der Waals surface area contributed by atoms with Crippen molar-refractivity contribution in [3.8, 4) is 0 Å². The summed E-state index contributed by atoms with van der Waals surface area (Å²) in [4.78, 5) is 17.9. The van der Waals surface area contributed by atoms with E-state index in [-0.39, 0.29) is 23.2 Å². The van der Waals surface area contributed by atoms with Crippen LogP contribution >= 0.6 is 0 Å². The number of rotatable bonds is 3. The first-order valence-corrected chi connectivity index (χ1v) is 10.3. The van der Waals surface area contributed by atoms with Gasteiger partial charge in [-0.05, 0) is 43.6 Å². The van der Waals surface area contributed by atoms with E-state index in [1.165, 1.54) is 6.07 Å². The minimum absolute atomic E-state index is 0.102. The van der Waals surface area contributed by atoms with Crippen LogP contribution in [-0.4, -0.2) is 59.1 Å². The molecule has 1 unspecified atom stereocenters. The van der Waals surface area contributed by atoms with Crippen molar-refractivity contribution < 1.29 is 14.3 Å². The summed E-state index contributed by atoms with van der Waals surface area (Å²) in [6.07, 6.45) is 4.20. The summed E-state index contributed by atoms with van der Waals surface area (Å²) in [5, 5.41) is 9.71. The number of hydrogen-bond donors (Lipinski definition) is 1. The second-order valence-electron chi connectivity index (χ2n) is 9.24. The van der Waals surface area contributed by atoms with Crippen LogP contribution in [0.1, 0.15) is 51.5 Å². The highest BCUT2D eigenvalue weighted by molar-refractivity contribution is 5.93. The van der Waals surface area contributed by atoms with Gasteiger partial charge in [-0.3, -0.25) is 4.79 Å². The molecule has 4 nitrogen and oxygen atoms in total. The van der Waals surface area contributed by atoms with E-state index in [1.54, 1.807) is 12.1 Å². The van der Waals surface area contributed by atoms with E-state index in [0.29, 0.717) is 18.0 Å². The summed E-state index contributed by atoms with van der Waals surface area (Å²) in [6.45, 7) is 7.54. The minimum atomic E-state index is -0.708. The maximum absolute atomic E-state index is 14.5. The standard InChI is InChI=1S/C22H31FN2O2/c1-21(2)15-22(21,18-5-3-4-6-19(18)23)20(27)25-11-7-16(8-12-25)24-13-9-17(26)10-14-24/h3-6,16-17,26H,7-15H2,1-2H3. The van der Waals surface area contributed by atoms with E-state index in [0.717, 1.165) is 51.9 Å². The number of halogens is 1. The van der Waals surface area contributed by atoms with Gasteiger partial charge in [0.2, 0.25) is 5.91 Å². The largest absolute Gasteiger partial charge is 0.393 e. The zero-order valence-electron chi connectivity index (χ0n) is 16.5. The molecular weight excluding hydrogens is 343 g/mol. The van der Waals surface area contributed by atoms with Gasteiger partial charge in [0.05, 0.1) is 11.5 Å². The first kappa shape index (κ1) is 18.9. The SMILES string of the molecule is CC1(C)CC1(C(=O)N1CCC(N2CCC(O)CC2)CC1)c1ccccc1F. The van der Waals surface area contributed by atoms with E-state index < -0.39 is 5.41 Å².